The van der Waals surface area contributed by atoms with Crippen molar-refractivity contribution in [2.75, 3.05) is 38.2 Å². The highest BCUT2D eigenvalue weighted by atomic mass is 19.1. The highest BCUT2D eigenvalue weighted by Crippen LogP contribution is 2.28. The van der Waals surface area contributed by atoms with Gasteiger partial charge in [-0.05, 0) is 12.1 Å². The summed E-state index contributed by atoms with van der Waals surface area (Å²) in [4.78, 5) is 16.5. The topological polar surface area (TPSA) is 58.8 Å². The molecule has 1 heterocycles. The Morgan fingerprint density at radius 1 is 1.07 bits per heavy atom. The zero-order chi connectivity index (χ0) is 19.2. The molecule has 0 amide bonds. The Hall–Kier alpha value is -2.44. The molecule has 144 valence electrons. The summed E-state index contributed by atoms with van der Waals surface area (Å²) in [5.74, 6) is 0.339. The third-order valence-corrected chi connectivity index (χ3v) is 5.00. The molecule has 1 fully saturated rings. The fraction of sp³-hybridized carbons (Fsp3) is 0.381. The number of Topliss-reactive ketones (excluding diaryl/α,β-unsaturated/α-hetero) is 1. The first-order valence-electron chi connectivity index (χ1n) is 9.21. The molecule has 1 saturated heterocycles. The summed E-state index contributed by atoms with van der Waals surface area (Å²) in [6.45, 7) is 2.98. The van der Waals surface area contributed by atoms with E-state index in [1.807, 2.05) is 29.2 Å². The molecule has 1 aliphatic heterocycles. The second-order valence-corrected chi connectivity index (χ2v) is 6.70. The van der Waals surface area contributed by atoms with Gasteiger partial charge in [-0.1, -0.05) is 42.5 Å². The van der Waals surface area contributed by atoms with E-state index in [1.54, 1.807) is 37.4 Å². The van der Waals surface area contributed by atoms with Crippen molar-refractivity contribution in [2.24, 2.45) is 5.73 Å². The first-order chi connectivity index (χ1) is 13.1. The maximum Gasteiger partial charge on any atom is 0.197 e. The summed E-state index contributed by atoms with van der Waals surface area (Å²) >= 11 is 0. The van der Waals surface area contributed by atoms with Crippen LogP contribution in [0.3, 0.4) is 0 Å². The van der Waals surface area contributed by atoms with Crippen LogP contribution in [-0.4, -0.2) is 56.3 Å². The number of carbonyl (C=O) groups excluding carboxylic acids is 1. The number of ether oxygens (including phenoxy) is 1. The van der Waals surface area contributed by atoms with Crippen molar-refractivity contribution in [3.63, 3.8) is 0 Å². The fourth-order valence-corrected chi connectivity index (χ4v) is 3.44. The number of methoxy groups -OCH3 is 1. The molecule has 0 saturated carbocycles. The predicted octanol–water partition coefficient (Wildman–Crippen LogP) is 2.71. The number of ketones is 1. The van der Waals surface area contributed by atoms with E-state index in [0.717, 1.165) is 24.5 Å². The number of nitrogens with zero attached hydrogens (tertiary/aromatic N) is 2. The van der Waals surface area contributed by atoms with Gasteiger partial charge in [0, 0.05) is 38.2 Å². The Bertz CT molecular complexity index is 748. The molecule has 0 spiro atoms. The number of piperazine rings is 1. The predicted molar refractivity (Wildman–Crippen MR) is 105 cm³/mol. The zero-order valence-electron chi connectivity index (χ0n) is 15.6. The summed E-state index contributed by atoms with van der Waals surface area (Å²) in [6, 6.07) is 16.4. The number of anilines is 1. The van der Waals surface area contributed by atoms with Crippen LogP contribution in [-0.2, 0) is 0 Å². The SMILES string of the molecule is COc1ccccc1N1CCN(C(N)CC(F)C(=O)c2ccccc2)CC1. The van der Waals surface area contributed by atoms with Crippen LogP contribution in [0.1, 0.15) is 16.8 Å². The average molecular weight is 371 g/mol. The molecule has 5 nitrogen and oxygen atoms in total. The molecule has 6 heteroatoms. The van der Waals surface area contributed by atoms with Crippen LogP contribution in [0.4, 0.5) is 10.1 Å². The van der Waals surface area contributed by atoms with Crippen LogP contribution in [0.2, 0.25) is 0 Å². The lowest BCUT2D eigenvalue weighted by Crippen LogP contribution is -2.54. The number of para-hydroxylation sites is 2. The van der Waals surface area contributed by atoms with E-state index >= 15 is 0 Å². The molecule has 1 aliphatic rings. The lowest BCUT2D eigenvalue weighted by Gasteiger charge is -2.39. The maximum absolute atomic E-state index is 14.4. The summed E-state index contributed by atoms with van der Waals surface area (Å²) in [5, 5.41) is 0. The van der Waals surface area contributed by atoms with Gasteiger partial charge in [0.25, 0.3) is 0 Å². The number of carbonyl (C=O) groups is 1. The van der Waals surface area contributed by atoms with Gasteiger partial charge in [0.05, 0.1) is 19.0 Å². The van der Waals surface area contributed by atoms with E-state index < -0.39 is 18.1 Å². The fourth-order valence-electron chi connectivity index (χ4n) is 3.44. The van der Waals surface area contributed by atoms with Crippen molar-refractivity contribution in [3.8, 4) is 5.75 Å². The van der Waals surface area contributed by atoms with Crippen LogP contribution in [0.15, 0.2) is 54.6 Å². The number of rotatable bonds is 7. The van der Waals surface area contributed by atoms with Gasteiger partial charge in [0.15, 0.2) is 12.0 Å². The number of hydrogen-bond acceptors (Lipinski definition) is 5. The van der Waals surface area contributed by atoms with E-state index in [1.165, 1.54) is 0 Å². The molecule has 0 aromatic heterocycles. The molecule has 2 N–H and O–H groups in total. The molecule has 2 atom stereocenters. The molecule has 0 bridgehead atoms. The van der Waals surface area contributed by atoms with E-state index in [2.05, 4.69) is 4.90 Å². The van der Waals surface area contributed by atoms with Gasteiger partial charge in [-0.25, -0.2) is 4.39 Å². The van der Waals surface area contributed by atoms with E-state index in [0.29, 0.717) is 18.7 Å². The monoisotopic (exact) mass is 371 g/mol. The zero-order valence-corrected chi connectivity index (χ0v) is 15.6. The van der Waals surface area contributed by atoms with Gasteiger partial charge >= 0.3 is 0 Å². The van der Waals surface area contributed by atoms with Crippen molar-refractivity contribution < 1.29 is 13.9 Å². The third-order valence-electron chi connectivity index (χ3n) is 5.00. The van der Waals surface area contributed by atoms with Crippen LogP contribution < -0.4 is 15.4 Å². The summed E-state index contributed by atoms with van der Waals surface area (Å²) < 4.78 is 19.9. The Kier molecular flexibility index (Phi) is 6.42. The number of hydrogen-bond donors (Lipinski definition) is 1. The van der Waals surface area contributed by atoms with Gasteiger partial charge in [-0.2, -0.15) is 0 Å². The molecular formula is C21H26FN3O2. The minimum absolute atomic E-state index is 0.00237. The smallest absolute Gasteiger partial charge is 0.197 e. The highest BCUT2D eigenvalue weighted by molar-refractivity contribution is 5.99. The van der Waals surface area contributed by atoms with Crippen molar-refractivity contribution in [1.29, 1.82) is 0 Å². The Balaban J connectivity index is 1.54. The van der Waals surface area contributed by atoms with Crippen LogP contribution in [0.5, 0.6) is 5.75 Å². The number of benzene rings is 2. The summed E-state index contributed by atoms with van der Waals surface area (Å²) in [7, 11) is 1.66. The lowest BCUT2D eigenvalue weighted by molar-refractivity contribution is 0.0808. The van der Waals surface area contributed by atoms with Crippen LogP contribution >= 0.6 is 0 Å². The normalized spacial score (nSPS) is 17.4. The molecule has 2 unspecified atom stereocenters. The van der Waals surface area contributed by atoms with E-state index in [9.17, 15) is 9.18 Å². The maximum atomic E-state index is 14.4. The number of nitrogens with two attached hydrogens (primary N) is 1. The van der Waals surface area contributed by atoms with Gasteiger partial charge in [0.2, 0.25) is 0 Å². The first-order valence-corrected chi connectivity index (χ1v) is 9.21. The summed E-state index contributed by atoms with van der Waals surface area (Å²) in [5.41, 5.74) is 7.63. The third kappa shape index (κ3) is 4.64. The highest BCUT2D eigenvalue weighted by Gasteiger charge is 2.28. The molecule has 0 radical (unpaired) electrons. The first kappa shape index (κ1) is 19.3. The van der Waals surface area contributed by atoms with Gasteiger partial charge in [0.1, 0.15) is 5.75 Å². The molecule has 3 rings (SSSR count). The van der Waals surface area contributed by atoms with Crippen molar-refractivity contribution in [3.05, 3.63) is 60.2 Å². The van der Waals surface area contributed by atoms with E-state index in [-0.39, 0.29) is 6.42 Å². The second-order valence-electron chi connectivity index (χ2n) is 6.70. The summed E-state index contributed by atoms with van der Waals surface area (Å²) in [6.07, 6.45) is -2.07. The minimum atomic E-state index is -1.59. The standard InChI is InChI=1S/C21H26FN3O2/c1-27-19-10-6-5-9-18(19)24-11-13-25(14-12-24)20(23)15-17(22)21(26)16-7-3-2-4-8-16/h2-10,17,20H,11-15,23H2,1H3. The molecular weight excluding hydrogens is 345 g/mol. The Morgan fingerprint density at radius 2 is 1.70 bits per heavy atom. The average Bonchev–Trinajstić information content (AvgIpc) is 2.73. The minimum Gasteiger partial charge on any atom is -0.495 e. The van der Waals surface area contributed by atoms with Crippen LogP contribution in [0, 0.1) is 0 Å². The van der Waals surface area contributed by atoms with Gasteiger partial charge in [-0.3, -0.25) is 9.69 Å². The number of halogens is 1. The van der Waals surface area contributed by atoms with E-state index in [4.69, 9.17) is 10.5 Å². The second kappa shape index (κ2) is 8.97. The van der Waals surface area contributed by atoms with Crippen LogP contribution in [0.25, 0.3) is 0 Å². The van der Waals surface area contributed by atoms with Crippen molar-refractivity contribution in [2.45, 2.75) is 18.8 Å². The Labute approximate surface area is 159 Å². The van der Waals surface area contributed by atoms with Gasteiger partial charge < -0.3 is 15.4 Å². The lowest BCUT2D eigenvalue weighted by atomic mass is 10.0. The van der Waals surface area contributed by atoms with Crippen molar-refractivity contribution >= 4 is 11.5 Å². The largest absolute Gasteiger partial charge is 0.495 e. The quantitative estimate of drug-likeness (QED) is 0.759. The molecule has 2 aromatic rings. The number of alkyl halides is 1. The molecule has 27 heavy (non-hydrogen) atoms. The van der Waals surface area contributed by atoms with Gasteiger partial charge in [-0.15, -0.1) is 0 Å². The van der Waals surface area contributed by atoms with Crippen molar-refractivity contribution in [1.82, 2.24) is 4.90 Å². The molecule has 2 aromatic carbocycles. The Morgan fingerprint density at radius 3 is 2.37 bits per heavy atom. The molecule has 0 aliphatic carbocycles.